The molecule has 1 atom stereocenters. The zero-order valence-corrected chi connectivity index (χ0v) is 10.2. The van der Waals surface area contributed by atoms with E-state index in [4.69, 9.17) is 10.5 Å². The van der Waals surface area contributed by atoms with E-state index in [0.717, 1.165) is 18.6 Å². The van der Waals surface area contributed by atoms with Crippen LogP contribution in [0.25, 0.3) is 0 Å². The predicted molar refractivity (Wildman–Crippen MR) is 66.9 cm³/mol. The van der Waals surface area contributed by atoms with Crippen LogP contribution in [0.3, 0.4) is 0 Å². The Morgan fingerprint density at radius 3 is 3.29 bits per heavy atom. The van der Waals surface area contributed by atoms with E-state index < -0.39 is 0 Å². The second-order valence-electron chi connectivity index (χ2n) is 3.70. The smallest absolute Gasteiger partial charge is 0.262 e. The highest BCUT2D eigenvalue weighted by atomic mass is 32.1. The van der Waals surface area contributed by atoms with E-state index in [-0.39, 0.29) is 11.9 Å². The minimum absolute atomic E-state index is 0.0724. The number of hydrogen-bond donors (Lipinski definition) is 2. The Hall–Kier alpha value is -1.35. The molecule has 17 heavy (non-hydrogen) atoms. The second kappa shape index (κ2) is 5.82. The third-order valence-electron chi connectivity index (χ3n) is 2.46. The molecule has 2 rings (SSSR count). The number of ether oxygens (including phenoxy) is 1. The zero-order chi connectivity index (χ0) is 12.1. The molecule has 1 unspecified atom stereocenters. The van der Waals surface area contributed by atoms with Gasteiger partial charge in [0.2, 0.25) is 0 Å². The lowest BCUT2D eigenvalue weighted by Gasteiger charge is -2.09. The molecule has 0 radical (unpaired) electrons. The Morgan fingerprint density at radius 2 is 2.59 bits per heavy atom. The van der Waals surface area contributed by atoms with Gasteiger partial charge in [0.05, 0.1) is 19.2 Å². The van der Waals surface area contributed by atoms with Crippen LogP contribution in [0.2, 0.25) is 0 Å². The van der Waals surface area contributed by atoms with Gasteiger partial charge >= 0.3 is 0 Å². The average Bonchev–Trinajstić information content (AvgIpc) is 2.96. The third-order valence-corrected chi connectivity index (χ3v) is 3.37. The van der Waals surface area contributed by atoms with E-state index in [1.807, 2.05) is 11.4 Å². The lowest BCUT2D eigenvalue weighted by atomic mass is 10.2. The highest BCUT2D eigenvalue weighted by molar-refractivity contribution is 7.12. The first-order valence-electron chi connectivity index (χ1n) is 5.46. The second-order valence-corrected chi connectivity index (χ2v) is 4.62. The quantitative estimate of drug-likeness (QED) is 0.755. The molecule has 0 bridgehead atoms. The largest absolute Gasteiger partial charge is 0.379 e. The van der Waals surface area contributed by atoms with Gasteiger partial charge in [-0.1, -0.05) is 11.8 Å². The molecule has 0 aromatic carbocycles. The summed E-state index contributed by atoms with van der Waals surface area (Å²) in [6.07, 6.45) is 0.876. The van der Waals surface area contributed by atoms with Gasteiger partial charge in [-0.05, 0) is 17.9 Å². The van der Waals surface area contributed by atoms with Crippen LogP contribution < -0.4 is 11.1 Å². The molecule has 3 N–H and O–H groups in total. The highest BCUT2D eigenvalue weighted by Crippen LogP contribution is 2.16. The Labute approximate surface area is 104 Å². The first-order chi connectivity index (χ1) is 8.31. The van der Waals surface area contributed by atoms with Crippen molar-refractivity contribution in [2.75, 3.05) is 19.8 Å². The van der Waals surface area contributed by atoms with Gasteiger partial charge < -0.3 is 15.8 Å². The average molecular weight is 250 g/mol. The van der Waals surface area contributed by atoms with Crippen molar-refractivity contribution in [2.24, 2.45) is 5.73 Å². The number of hydrogen-bond acceptors (Lipinski definition) is 4. The van der Waals surface area contributed by atoms with Crippen molar-refractivity contribution in [1.82, 2.24) is 5.32 Å². The Balaban J connectivity index is 2.05. The van der Waals surface area contributed by atoms with Crippen molar-refractivity contribution in [3.05, 3.63) is 21.9 Å². The molecule has 4 nitrogen and oxygen atoms in total. The molecule has 90 valence electrons. The summed E-state index contributed by atoms with van der Waals surface area (Å²) in [7, 11) is 0. The monoisotopic (exact) mass is 250 g/mol. The molecule has 1 fully saturated rings. The number of carbonyl (C=O) groups is 1. The van der Waals surface area contributed by atoms with Crippen molar-refractivity contribution in [3.63, 3.8) is 0 Å². The molecule has 5 heteroatoms. The SMILES string of the molecule is NCC#Cc1ccsc1C(=O)NC1CCOC1. The van der Waals surface area contributed by atoms with Crippen LogP contribution in [-0.4, -0.2) is 31.7 Å². The summed E-state index contributed by atoms with van der Waals surface area (Å²) in [6.45, 7) is 1.61. The molecule has 1 aromatic rings. The lowest BCUT2D eigenvalue weighted by Crippen LogP contribution is -2.34. The van der Waals surface area contributed by atoms with Crippen molar-refractivity contribution in [2.45, 2.75) is 12.5 Å². The van der Waals surface area contributed by atoms with Gasteiger partial charge in [0.25, 0.3) is 5.91 Å². The fourth-order valence-corrected chi connectivity index (χ4v) is 2.38. The zero-order valence-electron chi connectivity index (χ0n) is 9.36. The van der Waals surface area contributed by atoms with Gasteiger partial charge in [-0.15, -0.1) is 11.3 Å². The van der Waals surface area contributed by atoms with E-state index in [0.29, 0.717) is 18.0 Å². The summed E-state index contributed by atoms with van der Waals surface area (Å²) in [5, 5.41) is 4.81. The number of amides is 1. The maximum absolute atomic E-state index is 12.0. The molecule has 0 saturated carbocycles. The van der Waals surface area contributed by atoms with Gasteiger partial charge in [0.1, 0.15) is 4.88 Å². The Morgan fingerprint density at radius 1 is 1.71 bits per heavy atom. The van der Waals surface area contributed by atoms with Gasteiger partial charge in [-0.25, -0.2) is 0 Å². The van der Waals surface area contributed by atoms with Crippen LogP contribution in [0, 0.1) is 11.8 Å². The number of nitrogens with one attached hydrogen (secondary N) is 1. The van der Waals surface area contributed by atoms with Crippen LogP contribution in [0.5, 0.6) is 0 Å². The van der Waals surface area contributed by atoms with E-state index >= 15 is 0 Å². The van der Waals surface area contributed by atoms with Gasteiger partial charge in [-0.2, -0.15) is 0 Å². The van der Waals surface area contributed by atoms with Crippen LogP contribution in [0.1, 0.15) is 21.7 Å². The van der Waals surface area contributed by atoms with Crippen LogP contribution in [0.4, 0.5) is 0 Å². The van der Waals surface area contributed by atoms with Crippen molar-refractivity contribution >= 4 is 17.2 Å². The van der Waals surface area contributed by atoms with E-state index in [2.05, 4.69) is 17.2 Å². The Bertz CT molecular complexity index is 453. The van der Waals surface area contributed by atoms with Gasteiger partial charge in [-0.3, -0.25) is 4.79 Å². The predicted octanol–water partition coefficient (Wildman–Crippen LogP) is 0.577. The van der Waals surface area contributed by atoms with Gasteiger partial charge in [0, 0.05) is 12.2 Å². The summed E-state index contributed by atoms with van der Waals surface area (Å²) in [5.41, 5.74) is 6.06. The molecule has 1 saturated heterocycles. The molecule has 1 aromatic heterocycles. The normalized spacial score (nSPS) is 18.5. The fourth-order valence-electron chi connectivity index (χ4n) is 1.63. The summed E-state index contributed by atoms with van der Waals surface area (Å²) in [6, 6.07) is 1.97. The molecule has 1 amide bonds. The summed E-state index contributed by atoms with van der Waals surface area (Å²) in [5.74, 6) is 5.59. The van der Waals surface area contributed by atoms with Crippen LogP contribution in [0.15, 0.2) is 11.4 Å². The van der Waals surface area contributed by atoms with Crippen LogP contribution in [-0.2, 0) is 4.74 Å². The molecule has 1 aliphatic heterocycles. The molecule has 0 spiro atoms. The standard InChI is InChI=1S/C12H14N2O2S/c13-5-1-2-9-4-7-17-11(9)12(15)14-10-3-6-16-8-10/h4,7,10H,3,5-6,8,13H2,(H,14,15). The number of thiophene rings is 1. The fraction of sp³-hybridized carbons (Fsp3) is 0.417. The number of nitrogens with two attached hydrogens (primary N) is 1. The topological polar surface area (TPSA) is 64.4 Å². The molecular weight excluding hydrogens is 236 g/mol. The Kier molecular flexibility index (Phi) is 4.15. The first-order valence-corrected chi connectivity index (χ1v) is 6.34. The first kappa shape index (κ1) is 12.1. The molecule has 1 aliphatic rings. The van der Waals surface area contributed by atoms with Crippen molar-refractivity contribution in [3.8, 4) is 11.8 Å². The molecule has 0 aliphatic carbocycles. The minimum Gasteiger partial charge on any atom is -0.379 e. The van der Waals surface area contributed by atoms with E-state index in [1.165, 1.54) is 11.3 Å². The van der Waals surface area contributed by atoms with Crippen molar-refractivity contribution < 1.29 is 9.53 Å². The van der Waals surface area contributed by atoms with E-state index in [9.17, 15) is 4.79 Å². The third kappa shape index (κ3) is 3.07. The summed E-state index contributed by atoms with van der Waals surface area (Å²) in [4.78, 5) is 12.6. The maximum atomic E-state index is 12.0. The van der Waals surface area contributed by atoms with Crippen LogP contribution >= 0.6 is 11.3 Å². The summed E-state index contributed by atoms with van der Waals surface area (Å²) >= 11 is 1.40. The van der Waals surface area contributed by atoms with Gasteiger partial charge in [0.15, 0.2) is 0 Å². The number of carbonyl (C=O) groups excluding carboxylic acids is 1. The maximum Gasteiger partial charge on any atom is 0.262 e. The van der Waals surface area contributed by atoms with E-state index in [1.54, 1.807) is 0 Å². The molecule has 2 heterocycles. The lowest BCUT2D eigenvalue weighted by molar-refractivity contribution is 0.0934. The minimum atomic E-state index is -0.0724. The summed E-state index contributed by atoms with van der Waals surface area (Å²) < 4.78 is 5.21. The highest BCUT2D eigenvalue weighted by Gasteiger charge is 2.20. The number of rotatable bonds is 2. The van der Waals surface area contributed by atoms with Crippen molar-refractivity contribution in [1.29, 1.82) is 0 Å². The molecular formula is C12H14N2O2S.